The van der Waals surface area contributed by atoms with E-state index in [0.29, 0.717) is 5.01 Å². The van der Waals surface area contributed by atoms with E-state index >= 15 is 0 Å². The van der Waals surface area contributed by atoms with E-state index < -0.39 is 11.8 Å². The zero-order valence-corrected chi connectivity index (χ0v) is 9.07. The first-order valence-electron chi connectivity index (χ1n) is 4.13. The van der Waals surface area contributed by atoms with Gasteiger partial charge in [0.1, 0.15) is 16.8 Å². The van der Waals surface area contributed by atoms with Gasteiger partial charge in [-0.2, -0.15) is 0 Å². The maximum absolute atomic E-state index is 13.3. The molecule has 0 saturated heterocycles. The van der Waals surface area contributed by atoms with E-state index in [9.17, 15) is 9.50 Å². The first kappa shape index (κ1) is 10.6. The van der Waals surface area contributed by atoms with Gasteiger partial charge < -0.3 is 5.11 Å². The number of alkyl halides is 1. The Balaban J connectivity index is 2.96. The molecule has 1 atom stereocenters. The maximum atomic E-state index is 13.3. The summed E-state index contributed by atoms with van der Waals surface area (Å²) < 4.78 is 13.3. The fraction of sp³-hybridized carbons (Fsp3) is 0.667. The molecule has 0 aliphatic heterocycles. The Labute approximate surface area is 81.4 Å². The second-order valence-corrected chi connectivity index (χ2v) is 4.90. The van der Waals surface area contributed by atoms with Crippen LogP contribution in [0, 0.1) is 13.8 Å². The molecule has 2 nitrogen and oxygen atoms in total. The second-order valence-electron chi connectivity index (χ2n) is 3.66. The Kier molecular flexibility index (Phi) is 2.73. The molecule has 0 bridgehead atoms. The smallest absolute Gasteiger partial charge is 0.139 e. The Morgan fingerprint density at radius 2 is 2.00 bits per heavy atom. The van der Waals surface area contributed by atoms with E-state index in [4.69, 9.17) is 0 Å². The average molecular weight is 203 g/mol. The zero-order valence-electron chi connectivity index (χ0n) is 8.26. The molecule has 4 heteroatoms. The van der Waals surface area contributed by atoms with Crippen LogP contribution in [0.4, 0.5) is 4.39 Å². The van der Waals surface area contributed by atoms with Crippen LogP contribution in [-0.2, 0) is 0 Å². The molecule has 1 rings (SSSR count). The highest BCUT2D eigenvalue weighted by molar-refractivity contribution is 7.11. The largest absolute Gasteiger partial charge is 0.383 e. The van der Waals surface area contributed by atoms with Gasteiger partial charge in [0.05, 0.1) is 5.69 Å². The minimum atomic E-state index is -1.63. The number of rotatable bonds is 2. The predicted octanol–water partition coefficient (Wildman–Crippen LogP) is 2.54. The summed E-state index contributed by atoms with van der Waals surface area (Å²) >= 11 is 1.35. The fourth-order valence-electron chi connectivity index (χ4n) is 0.908. The van der Waals surface area contributed by atoms with Crippen LogP contribution >= 0.6 is 11.3 Å². The van der Waals surface area contributed by atoms with Gasteiger partial charge in [0.2, 0.25) is 0 Å². The van der Waals surface area contributed by atoms with E-state index in [2.05, 4.69) is 4.98 Å². The van der Waals surface area contributed by atoms with Crippen LogP contribution in [-0.4, -0.2) is 15.8 Å². The van der Waals surface area contributed by atoms with Gasteiger partial charge in [-0.1, -0.05) is 0 Å². The van der Waals surface area contributed by atoms with Gasteiger partial charge in [-0.25, -0.2) is 9.37 Å². The summed E-state index contributed by atoms with van der Waals surface area (Å²) in [6.07, 6.45) is -1.12. The molecular weight excluding hydrogens is 189 g/mol. The van der Waals surface area contributed by atoms with Crippen molar-refractivity contribution in [3.05, 3.63) is 15.6 Å². The summed E-state index contributed by atoms with van der Waals surface area (Å²) in [7, 11) is 0. The van der Waals surface area contributed by atoms with Gasteiger partial charge in [-0.05, 0) is 27.7 Å². The molecule has 0 fully saturated rings. The molecule has 74 valence electrons. The fourth-order valence-corrected chi connectivity index (χ4v) is 1.99. The lowest BCUT2D eigenvalue weighted by Gasteiger charge is -2.19. The summed E-state index contributed by atoms with van der Waals surface area (Å²) in [5.41, 5.74) is -0.764. The molecule has 1 aromatic rings. The summed E-state index contributed by atoms with van der Waals surface area (Å²) in [6.45, 7) is 6.47. The van der Waals surface area contributed by atoms with E-state index in [1.807, 2.05) is 13.8 Å². The second kappa shape index (κ2) is 3.35. The molecule has 1 aromatic heterocycles. The minimum absolute atomic E-state index is 0.461. The lowest BCUT2D eigenvalue weighted by Crippen LogP contribution is -2.23. The molecule has 1 heterocycles. The minimum Gasteiger partial charge on any atom is -0.383 e. The van der Waals surface area contributed by atoms with Crippen molar-refractivity contribution in [3.63, 3.8) is 0 Å². The van der Waals surface area contributed by atoms with Crippen LogP contribution in [0.3, 0.4) is 0 Å². The first-order valence-corrected chi connectivity index (χ1v) is 4.95. The molecule has 0 aromatic carbocycles. The van der Waals surface area contributed by atoms with Crippen molar-refractivity contribution >= 4 is 11.3 Å². The number of aromatic nitrogens is 1. The number of thiazole rings is 1. The monoisotopic (exact) mass is 203 g/mol. The topological polar surface area (TPSA) is 33.1 Å². The number of hydrogen-bond donors (Lipinski definition) is 1. The SMILES string of the molecule is Cc1nc(C(O)C(C)(C)F)sc1C. The summed E-state index contributed by atoms with van der Waals surface area (Å²) in [5, 5.41) is 10.0. The van der Waals surface area contributed by atoms with E-state index in [0.717, 1.165) is 10.6 Å². The standard InChI is InChI=1S/C9H14FNOS/c1-5-6(2)13-8(11-5)7(12)9(3,4)10/h7,12H,1-4H3. The van der Waals surface area contributed by atoms with Gasteiger partial charge in [-0.3, -0.25) is 0 Å². The quantitative estimate of drug-likeness (QED) is 0.801. The molecule has 1 unspecified atom stereocenters. The Morgan fingerprint density at radius 1 is 1.46 bits per heavy atom. The van der Waals surface area contributed by atoms with Crippen LogP contribution in [0.15, 0.2) is 0 Å². The highest BCUT2D eigenvalue weighted by Gasteiger charge is 2.31. The number of hydrogen-bond acceptors (Lipinski definition) is 3. The van der Waals surface area contributed by atoms with Gasteiger partial charge in [0.25, 0.3) is 0 Å². The molecule has 13 heavy (non-hydrogen) atoms. The Bertz CT molecular complexity index is 284. The predicted molar refractivity (Wildman–Crippen MR) is 51.7 cm³/mol. The lowest BCUT2D eigenvalue weighted by molar-refractivity contribution is 0.0159. The first-order chi connectivity index (χ1) is 5.82. The molecule has 0 amide bonds. The van der Waals surface area contributed by atoms with Crippen LogP contribution in [0.25, 0.3) is 0 Å². The molecule has 1 N–H and O–H groups in total. The highest BCUT2D eigenvalue weighted by Crippen LogP contribution is 2.32. The van der Waals surface area contributed by atoms with Crippen molar-refractivity contribution in [3.8, 4) is 0 Å². The normalized spacial score (nSPS) is 14.6. The number of aryl methyl sites for hydroxylation is 2. The Morgan fingerprint density at radius 3 is 2.31 bits per heavy atom. The maximum Gasteiger partial charge on any atom is 0.139 e. The number of halogens is 1. The highest BCUT2D eigenvalue weighted by atomic mass is 32.1. The molecule has 0 radical (unpaired) electrons. The third-order valence-corrected chi connectivity index (χ3v) is 3.05. The van der Waals surface area contributed by atoms with Crippen molar-refractivity contribution in [2.24, 2.45) is 0 Å². The van der Waals surface area contributed by atoms with Crippen LogP contribution in [0.5, 0.6) is 0 Å². The molecule has 0 aliphatic rings. The Hall–Kier alpha value is -0.480. The summed E-state index contributed by atoms with van der Waals surface area (Å²) in [4.78, 5) is 5.13. The van der Waals surface area contributed by atoms with E-state index in [1.165, 1.54) is 25.2 Å². The zero-order chi connectivity index (χ0) is 10.2. The third-order valence-electron chi connectivity index (χ3n) is 1.93. The average Bonchev–Trinajstić information content (AvgIpc) is 2.29. The molecular formula is C9H14FNOS. The van der Waals surface area contributed by atoms with Crippen molar-refractivity contribution in [2.75, 3.05) is 0 Å². The lowest BCUT2D eigenvalue weighted by atomic mass is 10.1. The van der Waals surface area contributed by atoms with Gasteiger partial charge in [0, 0.05) is 4.88 Å². The van der Waals surface area contributed by atoms with Crippen molar-refractivity contribution in [1.82, 2.24) is 4.98 Å². The van der Waals surface area contributed by atoms with Gasteiger partial charge >= 0.3 is 0 Å². The number of nitrogens with zero attached hydrogens (tertiary/aromatic N) is 1. The molecule has 0 aliphatic carbocycles. The summed E-state index contributed by atoms with van der Waals surface area (Å²) in [6, 6.07) is 0. The third kappa shape index (κ3) is 2.25. The van der Waals surface area contributed by atoms with Crippen molar-refractivity contribution < 1.29 is 9.50 Å². The number of aliphatic hydroxyl groups excluding tert-OH is 1. The van der Waals surface area contributed by atoms with E-state index in [1.54, 1.807) is 0 Å². The van der Waals surface area contributed by atoms with Crippen LogP contribution in [0.1, 0.15) is 35.5 Å². The number of aliphatic hydroxyl groups is 1. The molecule has 0 spiro atoms. The van der Waals surface area contributed by atoms with Gasteiger partial charge in [-0.15, -0.1) is 11.3 Å². The van der Waals surface area contributed by atoms with Crippen LogP contribution < -0.4 is 0 Å². The molecule has 0 saturated carbocycles. The summed E-state index contributed by atoms with van der Waals surface area (Å²) in [5.74, 6) is 0. The van der Waals surface area contributed by atoms with Crippen molar-refractivity contribution in [2.45, 2.75) is 39.5 Å². The van der Waals surface area contributed by atoms with Gasteiger partial charge in [0.15, 0.2) is 0 Å². The van der Waals surface area contributed by atoms with Crippen molar-refractivity contribution in [1.29, 1.82) is 0 Å². The van der Waals surface area contributed by atoms with E-state index in [-0.39, 0.29) is 0 Å². The van der Waals surface area contributed by atoms with Crippen LogP contribution in [0.2, 0.25) is 0 Å².